The summed E-state index contributed by atoms with van der Waals surface area (Å²) >= 11 is 0. The Labute approximate surface area is 514 Å². The molecular weight excluding hydrogens is 1040 g/mol. The molecule has 0 aliphatic rings. The fourth-order valence-corrected chi connectivity index (χ4v) is 10.6. The van der Waals surface area contributed by atoms with Gasteiger partial charge in [0, 0.05) is 6.42 Å². The van der Waals surface area contributed by atoms with Crippen molar-refractivity contribution in [2.24, 2.45) is 0 Å². The monoisotopic (exact) mass is 1180 g/mol. The fraction of sp³-hybridized carbons (Fsp3) is 0.743. The maximum atomic E-state index is 13.0. The Morgan fingerprint density at radius 2 is 0.735 bits per heavy atom. The Morgan fingerprint density at radius 1 is 0.434 bits per heavy atom. The highest BCUT2D eigenvalue weighted by Gasteiger charge is 2.23. The molecule has 0 heterocycles. The number of hydrogen-bond donors (Lipinski definition) is 2. The van der Waals surface area contributed by atoms with Crippen LogP contribution in [0, 0.1) is 0 Å². The summed E-state index contributed by atoms with van der Waals surface area (Å²) in [6.45, 7) is 4.55. The van der Waals surface area contributed by atoms with Crippen molar-refractivity contribution in [2.75, 3.05) is 40.9 Å². The van der Waals surface area contributed by atoms with Crippen LogP contribution < -0.4 is 10.2 Å². The third-order valence-corrected chi connectivity index (χ3v) is 16.2. The van der Waals surface area contributed by atoms with E-state index in [2.05, 4.69) is 116 Å². The Morgan fingerprint density at radius 3 is 1.07 bits per heavy atom. The van der Waals surface area contributed by atoms with Crippen molar-refractivity contribution in [3.05, 3.63) is 109 Å². The highest BCUT2D eigenvalue weighted by Crippen LogP contribution is 2.38. The van der Waals surface area contributed by atoms with Gasteiger partial charge in [0.05, 0.1) is 39.9 Å². The predicted molar refractivity (Wildman–Crippen MR) is 362 cm³/mol. The van der Waals surface area contributed by atoms with Crippen molar-refractivity contribution in [3.8, 4) is 0 Å². The molecule has 0 aliphatic carbocycles. The highest BCUT2D eigenvalue weighted by atomic mass is 31.2. The lowest BCUT2D eigenvalue weighted by molar-refractivity contribution is -0.870. The molecule has 0 fully saturated rings. The Hall–Kier alpha value is -2.84. The van der Waals surface area contributed by atoms with Crippen molar-refractivity contribution in [3.63, 3.8) is 0 Å². The zero-order valence-electron chi connectivity index (χ0n) is 54.9. The van der Waals surface area contributed by atoms with Gasteiger partial charge in [0.1, 0.15) is 13.2 Å². The van der Waals surface area contributed by atoms with Crippen LogP contribution >= 0.6 is 7.82 Å². The van der Waals surface area contributed by atoms with Crippen LogP contribution in [0.2, 0.25) is 0 Å². The SMILES string of the molecule is CC/C=C\C/C=C\C/C=C\C/C=C\C/C=C\C/C=C\C/C=C\C/C=C\CCCCCCCCC(=O)NC(COP(=O)([O-])OCC[N+](C)(C)C)C(O)/C=C/CCCCCCCCCCCCCCCCCCCCCCCCCCCCCC. The summed E-state index contributed by atoms with van der Waals surface area (Å²) < 4.78 is 23.4. The van der Waals surface area contributed by atoms with E-state index in [4.69, 9.17) is 9.05 Å². The minimum atomic E-state index is -4.62. The molecule has 0 radical (unpaired) electrons. The van der Waals surface area contributed by atoms with Gasteiger partial charge in [0.15, 0.2) is 0 Å². The van der Waals surface area contributed by atoms with Crippen molar-refractivity contribution in [1.82, 2.24) is 5.32 Å². The van der Waals surface area contributed by atoms with Gasteiger partial charge in [-0.2, -0.15) is 0 Å². The molecule has 2 N–H and O–H groups in total. The van der Waals surface area contributed by atoms with Crippen LogP contribution in [0.15, 0.2) is 109 Å². The van der Waals surface area contributed by atoms with Gasteiger partial charge in [-0.15, -0.1) is 0 Å². The highest BCUT2D eigenvalue weighted by molar-refractivity contribution is 7.45. The van der Waals surface area contributed by atoms with Crippen LogP contribution in [-0.2, 0) is 18.4 Å². The third kappa shape index (κ3) is 66.5. The molecule has 0 saturated carbocycles. The number of hydrogen-bond acceptors (Lipinski definition) is 6. The lowest BCUT2D eigenvalue weighted by atomic mass is 10.0. The number of allylic oxidation sites excluding steroid dienone is 17. The molecule has 3 atom stereocenters. The van der Waals surface area contributed by atoms with Crippen LogP contribution in [0.3, 0.4) is 0 Å². The van der Waals surface area contributed by atoms with Gasteiger partial charge in [-0.05, 0) is 83.5 Å². The molecule has 0 spiro atoms. The fourth-order valence-electron chi connectivity index (χ4n) is 9.88. The number of phosphoric acid groups is 1. The van der Waals surface area contributed by atoms with Crippen LogP contribution in [0.1, 0.15) is 303 Å². The van der Waals surface area contributed by atoms with Gasteiger partial charge >= 0.3 is 0 Å². The van der Waals surface area contributed by atoms with Gasteiger partial charge in [-0.3, -0.25) is 9.36 Å². The number of amides is 1. The van der Waals surface area contributed by atoms with Crippen LogP contribution in [0.4, 0.5) is 0 Å². The Kier molecular flexibility index (Phi) is 61.5. The molecular formula is C74H133N2O6P. The van der Waals surface area contributed by atoms with Gasteiger partial charge in [0.25, 0.3) is 7.82 Å². The summed E-state index contributed by atoms with van der Waals surface area (Å²) in [6, 6.07) is -0.905. The van der Waals surface area contributed by atoms with Gasteiger partial charge < -0.3 is 28.8 Å². The van der Waals surface area contributed by atoms with Gasteiger partial charge in [0.2, 0.25) is 5.91 Å². The van der Waals surface area contributed by atoms with Crippen molar-refractivity contribution in [1.29, 1.82) is 0 Å². The van der Waals surface area contributed by atoms with E-state index in [9.17, 15) is 19.4 Å². The van der Waals surface area contributed by atoms with E-state index in [1.165, 1.54) is 173 Å². The third-order valence-electron chi connectivity index (χ3n) is 15.2. The topological polar surface area (TPSA) is 108 Å². The number of aliphatic hydroxyl groups is 1. The molecule has 8 nitrogen and oxygen atoms in total. The van der Waals surface area contributed by atoms with Crippen LogP contribution in [0.5, 0.6) is 0 Å². The summed E-state index contributed by atoms with van der Waals surface area (Å²) in [5, 5.41) is 14.0. The van der Waals surface area contributed by atoms with Gasteiger partial charge in [-0.1, -0.05) is 322 Å². The molecule has 1 amide bonds. The van der Waals surface area contributed by atoms with Crippen LogP contribution in [0.25, 0.3) is 0 Å². The summed E-state index contributed by atoms with van der Waals surface area (Å²) in [5.41, 5.74) is 0. The zero-order chi connectivity index (χ0) is 60.5. The number of quaternary nitrogens is 1. The molecule has 0 aromatic carbocycles. The Balaban J connectivity index is 4.17. The number of aliphatic hydroxyl groups excluding tert-OH is 1. The van der Waals surface area contributed by atoms with E-state index in [0.717, 1.165) is 109 Å². The number of nitrogens with zero attached hydrogens (tertiary/aromatic N) is 1. The van der Waals surface area contributed by atoms with E-state index in [0.29, 0.717) is 17.4 Å². The number of phosphoric ester groups is 1. The molecule has 9 heteroatoms. The first-order valence-corrected chi connectivity index (χ1v) is 36.2. The molecule has 0 aromatic heterocycles. The molecule has 480 valence electrons. The second kappa shape index (κ2) is 63.7. The standard InChI is InChI=1S/C74H133N2O6P/c1-6-8-10-12-14-16-18-20-22-24-26-28-30-32-34-36-38-40-42-44-46-48-50-52-54-56-58-60-62-64-66-68-74(78)75-72(71-82-83(79,80)81-70-69-76(3,4)5)73(77)67-65-63-61-59-57-55-53-51-49-47-45-43-41-39-37-35-33-31-29-27-25-23-21-19-17-15-13-11-9-7-2/h8,10,14,16,20,22,26,28,32,34,38,40,44,46,50,52,65,67,72-73,77H,6-7,9,11-13,15,17-19,21,23-25,27,29-31,33,35-37,39,41-43,45,47-49,51,53-64,66,68-71H2,1-5H3,(H-,75,78,79,80)/b10-8-,16-14-,22-20-,28-26-,34-32-,40-38-,46-44-,52-50-,67-65+. The normalized spacial score (nSPS) is 14.3. The number of rotatable bonds is 63. The number of carbonyl (C=O) groups excluding carboxylic acids is 1. The number of nitrogens with one attached hydrogen (secondary N) is 1. The second-order valence-corrected chi connectivity index (χ2v) is 25.9. The molecule has 0 rings (SSSR count). The lowest BCUT2D eigenvalue weighted by Crippen LogP contribution is -2.45. The van der Waals surface area contributed by atoms with Crippen molar-refractivity contribution < 1.29 is 32.9 Å². The summed E-state index contributed by atoms with van der Waals surface area (Å²) in [5.74, 6) is -0.213. The second-order valence-electron chi connectivity index (χ2n) is 24.5. The van der Waals surface area contributed by atoms with E-state index < -0.39 is 26.6 Å². The maximum absolute atomic E-state index is 13.0. The molecule has 0 aliphatic heterocycles. The van der Waals surface area contributed by atoms with E-state index in [-0.39, 0.29) is 12.5 Å². The lowest BCUT2D eigenvalue weighted by Gasteiger charge is -2.29. The first-order valence-electron chi connectivity index (χ1n) is 34.7. The number of carbonyl (C=O) groups is 1. The quantitative estimate of drug-likeness (QED) is 0.0272. The van der Waals surface area contributed by atoms with Gasteiger partial charge in [-0.25, -0.2) is 0 Å². The van der Waals surface area contributed by atoms with E-state index >= 15 is 0 Å². The predicted octanol–water partition coefficient (Wildman–Crippen LogP) is 21.6. The van der Waals surface area contributed by atoms with E-state index in [1.54, 1.807) is 6.08 Å². The molecule has 83 heavy (non-hydrogen) atoms. The Bertz CT molecular complexity index is 1720. The first kappa shape index (κ1) is 80.2. The molecule has 0 aromatic rings. The minimum Gasteiger partial charge on any atom is -0.756 e. The summed E-state index contributed by atoms with van der Waals surface area (Å²) in [6.07, 6.45) is 93.4. The average molecular weight is 1180 g/mol. The molecule has 3 unspecified atom stereocenters. The number of unbranched alkanes of at least 4 members (excludes halogenated alkanes) is 34. The zero-order valence-corrected chi connectivity index (χ0v) is 55.8. The van der Waals surface area contributed by atoms with Crippen molar-refractivity contribution in [2.45, 2.75) is 315 Å². The smallest absolute Gasteiger partial charge is 0.268 e. The first-order chi connectivity index (χ1) is 40.5. The molecule has 0 saturated heterocycles. The summed E-state index contributed by atoms with van der Waals surface area (Å²) in [4.78, 5) is 25.6. The minimum absolute atomic E-state index is 0.00936. The van der Waals surface area contributed by atoms with Crippen molar-refractivity contribution >= 4 is 13.7 Å². The number of likely N-dealkylation sites (N-methyl/N-ethyl adjacent to an activating group) is 1. The van der Waals surface area contributed by atoms with Crippen LogP contribution in [-0.4, -0.2) is 68.5 Å². The summed E-state index contributed by atoms with van der Waals surface area (Å²) in [7, 11) is 1.24. The maximum Gasteiger partial charge on any atom is 0.268 e. The van der Waals surface area contributed by atoms with E-state index in [1.807, 2.05) is 27.2 Å². The average Bonchev–Trinajstić information content (AvgIpc) is 3.49. The largest absolute Gasteiger partial charge is 0.756 e. The molecule has 0 bridgehead atoms.